The van der Waals surface area contributed by atoms with Crippen molar-refractivity contribution in [1.82, 2.24) is 0 Å². The van der Waals surface area contributed by atoms with Gasteiger partial charge in [0, 0.05) is 17.7 Å². The topological polar surface area (TPSA) is 17.1 Å². The Morgan fingerprint density at radius 3 is 2.39 bits per heavy atom. The summed E-state index contributed by atoms with van der Waals surface area (Å²) >= 11 is 0.720. The van der Waals surface area contributed by atoms with Crippen LogP contribution in [0.25, 0.3) is 0 Å². The molecule has 0 spiro atoms. The first kappa shape index (κ1) is 15.0. The van der Waals surface area contributed by atoms with Crippen molar-refractivity contribution in [2.75, 3.05) is 5.75 Å². The summed E-state index contributed by atoms with van der Waals surface area (Å²) in [7, 11) is 0. The van der Waals surface area contributed by atoms with Crippen LogP contribution in [0, 0.1) is 0 Å². The van der Waals surface area contributed by atoms with E-state index in [2.05, 4.69) is 0 Å². The largest absolute Gasteiger partial charge is 0.282 e. The molecule has 0 aliphatic carbocycles. The first-order valence-electron chi connectivity index (χ1n) is 5.29. The van der Waals surface area contributed by atoms with E-state index in [9.17, 15) is 22.4 Å². The van der Waals surface area contributed by atoms with Crippen LogP contribution in [0.3, 0.4) is 0 Å². The van der Waals surface area contributed by atoms with E-state index < -0.39 is 25.2 Å². The lowest BCUT2D eigenvalue weighted by atomic mass is 10.2. The summed E-state index contributed by atoms with van der Waals surface area (Å²) in [6.07, 6.45) is -5.21. The van der Waals surface area contributed by atoms with E-state index >= 15 is 0 Å². The molecule has 0 unspecified atom stereocenters. The Morgan fingerprint density at radius 2 is 1.83 bits per heavy atom. The summed E-state index contributed by atoms with van der Waals surface area (Å²) in [4.78, 5) is 11.5. The fraction of sp³-hybridized carbons (Fsp3) is 0.417. The zero-order chi connectivity index (χ0) is 13.6. The lowest BCUT2D eigenvalue weighted by Crippen LogP contribution is -2.21. The van der Waals surface area contributed by atoms with E-state index in [-0.39, 0.29) is 10.9 Å². The molecule has 1 aromatic carbocycles. The molecule has 0 atom stereocenters. The molecule has 1 nitrogen and oxygen atoms in total. The van der Waals surface area contributed by atoms with Gasteiger partial charge < -0.3 is 0 Å². The van der Waals surface area contributed by atoms with E-state index in [0.717, 1.165) is 11.8 Å². The van der Waals surface area contributed by atoms with Gasteiger partial charge in [0.25, 0.3) is 5.92 Å². The molecule has 0 saturated carbocycles. The molecular formula is C12H12F4OS. The van der Waals surface area contributed by atoms with E-state index in [1.165, 1.54) is 0 Å². The smallest absolute Gasteiger partial charge is 0.254 e. The van der Waals surface area contributed by atoms with Gasteiger partial charge in [-0.15, -0.1) is 0 Å². The molecule has 1 aromatic rings. The van der Waals surface area contributed by atoms with Gasteiger partial charge in [0.2, 0.25) is 11.5 Å². The average molecular weight is 280 g/mol. The molecule has 6 heteroatoms. The molecule has 100 valence electrons. The highest BCUT2D eigenvalue weighted by Crippen LogP contribution is 2.28. The van der Waals surface area contributed by atoms with E-state index in [1.54, 1.807) is 30.3 Å². The second kappa shape index (κ2) is 6.78. The molecule has 0 N–H and O–H groups in total. The molecule has 18 heavy (non-hydrogen) atoms. The predicted molar refractivity (Wildman–Crippen MR) is 63.4 cm³/mol. The summed E-state index contributed by atoms with van der Waals surface area (Å²) in [5.41, 5.74) is 0.416. The minimum atomic E-state index is -3.42. The average Bonchev–Trinajstić information content (AvgIpc) is 2.28. The van der Waals surface area contributed by atoms with E-state index in [0.29, 0.717) is 5.56 Å². The molecule has 0 radical (unpaired) electrons. The Labute approximate surface area is 107 Å². The standard InChI is InChI=1S/C12H12F4OS/c13-10(14)8-12(15,16)6-7-18-11(17)9-4-2-1-3-5-9/h1-5,10H,6-8H2. The molecule has 0 aliphatic rings. The van der Waals surface area contributed by atoms with Crippen molar-refractivity contribution in [3.63, 3.8) is 0 Å². The number of halogens is 4. The quantitative estimate of drug-likeness (QED) is 0.725. The normalized spacial score (nSPS) is 11.8. The SMILES string of the molecule is O=C(SCCC(F)(F)CC(F)F)c1ccccc1. The van der Waals surface area contributed by atoms with Gasteiger partial charge in [-0.2, -0.15) is 0 Å². The molecule has 0 bridgehead atoms. The van der Waals surface area contributed by atoms with Crippen molar-refractivity contribution in [2.24, 2.45) is 0 Å². The lowest BCUT2D eigenvalue weighted by molar-refractivity contribution is -0.0552. The van der Waals surface area contributed by atoms with Crippen LogP contribution in [0.4, 0.5) is 17.6 Å². The number of carbonyl (C=O) groups excluding carboxylic acids is 1. The second-order valence-corrected chi connectivity index (χ2v) is 4.77. The van der Waals surface area contributed by atoms with Crippen LogP contribution >= 0.6 is 11.8 Å². The summed E-state index contributed by atoms with van der Waals surface area (Å²) in [5.74, 6) is -3.59. The monoisotopic (exact) mass is 280 g/mol. The third kappa shape index (κ3) is 5.53. The van der Waals surface area contributed by atoms with Crippen LogP contribution in [-0.4, -0.2) is 23.2 Å². The van der Waals surface area contributed by atoms with Gasteiger partial charge in [-0.25, -0.2) is 17.6 Å². The maximum Gasteiger partial charge on any atom is 0.254 e. The van der Waals surface area contributed by atoms with E-state index in [1.807, 2.05) is 0 Å². The molecular weight excluding hydrogens is 268 g/mol. The third-order valence-electron chi connectivity index (χ3n) is 2.16. The van der Waals surface area contributed by atoms with Crippen LogP contribution in [-0.2, 0) is 0 Å². The molecule has 0 aromatic heterocycles. The molecule has 0 aliphatic heterocycles. The first-order chi connectivity index (χ1) is 8.41. The molecule has 1 rings (SSSR count). The minimum Gasteiger partial charge on any atom is -0.282 e. The van der Waals surface area contributed by atoms with Gasteiger partial charge in [-0.3, -0.25) is 4.79 Å². The number of hydrogen-bond acceptors (Lipinski definition) is 2. The zero-order valence-corrected chi connectivity index (χ0v) is 10.2. The van der Waals surface area contributed by atoms with Crippen molar-refractivity contribution in [3.8, 4) is 0 Å². The first-order valence-corrected chi connectivity index (χ1v) is 6.27. The van der Waals surface area contributed by atoms with Gasteiger partial charge in [-0.1, -0.05) is 42.1 Å². The van der Waals surface area contributed by atoms with Gasteiger partial charge in [0.05, 0.1) is 6.42 Å². The molecule has 0 heterocycles. The van der Waals surface area contributed by atoms with Crippen molar-refractivity contribution in [1.29, 1.82) is 0 Å². The lowest BCUT2D eigenvalue weighted by Gasteiger charge is -2.14. The number of carbonyl (C=O) groups is 1. The number of alkyl halides is 4. The minimum absolute atomic E-state index is 0.173. The van der Waals surface area contributed by atoms with Crippen LogP contribution in [0.5, 0.6) is 0 Å². The van der Waals surface area contributed by atoms with Gasteiger partial charge in [0.15, 0.2) is 0 Å². The summed E-state index contributed by atoms with van der Waals surface area (Å²) in [6, 6.07) is 8.22. The summed E-state index contributed by atoms with van der Waals surface area (Å²) in [5, 5.41) is -0.330. The highest BCUT2D eigenvalue weighted by Gasteiger charge is 2.32. The Balaban J connectivity index is 2.36. The molecule has 0 fully saturated rings. The van der Waals surface area contributed by atoms with Gasteiger partial charge in [0.1, 0.15) is 0 Å². The number of benzene rings is 1. The highest BCUT2D eigenvalue weighted by molar-refractivity contribution is 8.14. The van der Waals surface area contributed by atoms with Crippen LogP contribution < -0.4 is 0 Å². The number of thioether (sulfide) groups is 1. The second-order valence-electron chi connectivity index (χ2n) is 3.70. The van der Waals surface area contributed by atoms with Crippen molar-refractivity contribution in [3.05, 3.63) is 35.9 Å². The van der Waals surface area contributed by atoms with Crippen molar-refractivity contribution in [2.45, 2.75) is 25.2 Å². The fourth-order valence-electron chi connectivity index (χ4n) is 1.28. The summed E-state index contributed by atoms with van der Waals surface area (Å²) in [6.45, 7) is 0. The van der Waals surface area contributed by atoms with E-state index in [4.69, 9.17) is 0 Å². The fourth-order valence-corrected chi connectivity index (χ4v) is 2.17. The van der Waals surface area contributed by atoms with Crippen molar-refractivity contribution >= 4 is 16.9 Å². The van der Waals surface area contributed by atoms with Crippen molar-refractivity contribution < 1.29 is 22.4 Å². The van der Waals surface area contributed by atoms with Crippen LogP contribution in [0.2, 0.25) is 0 Å². The van der Waals surface area contributed by atoms with Gasteiger partial charge in [-0.05, 0) is 0 Å². The van der Waals surface area contributed by atoms with Crippen LogP contribution in [0.15, 0.2) is 30.3 Å². The maximum absolute atomic E-state index is 12.9. The Hall–Kier alpha value is -1.04. The maximum atomic E-state index is 12.9. The van der Waals surface area contributed by atoms with Crippen LogP contribution in [0.1, 0.15) is 23.2 Å². The number of rotatable bonds is 6. The zero-order valence-electron chi connectivity index (χ0n) is 9.41. The predicted octanol–water partition coefficient (Wildman–Crippen LogP) is 4.24. The Bertz CT molecular complexity index is 381. The molecule has 0 amide bonds. The van der Waals surface area contributed by atoms with Gasteiger partial charge >= 0.3 is 0 Å². The molecule has 0 saturated heterocycles. The number of hydrogen-bond donors (Lipinski definition) is 0. The Kier molecular flexibility index (Phi) is 5.65. The highest BCUT2D eigenvalue weighted by atomic mass is 32.2. The Morgan fingerprint density at radius 1 is 1.22 bits per heavy atom. The summed E-state index contributed by atoms with van der Waals surface area (Å²) < 4.78 is 49.5. The third-order valence-corrected chi connectivity index (χ3v) is 3.07.